The third-order valence-corrected chi connectivity index (χ3v) is 5.35. The van der Waals surface area contributed by atoms with Gasteiger partial charge in [-0.25, -0.2) is 9.78 Å². The predicted molar refractivity (Wildman–Crippen MR) is 109 cm³/mol. The van der Waals surface area contributed by atoms with Gasteiger partial charge in [0.2, 0.25) is 5.89 Å². The molecule has 4 unspecified atom stereocenters. The predicted octanol–water partition coefficient (Wildman–Crippen LogP) is -0.439. The first kappa shape index (κ1) is 22.5. The molecule has 170 valence electrons. The molecule has 3 aromatic rings. The second kappa shape index (κ2) is 9.43. The van der Waals surface area contributed by atoms with E-state index in [0.29, 0.717) is 5.76 Å². The highest BCUT2D eigenvalue weighted by Crippen LogP contribution is 2.32. The summed E-state index contributed by atoms with van der Waals surface area (Å²) in [5.41, 5.74) is -0.658. The fourth-order valence-electron chi connectivity index (χ4n) is 3.36. The smallest absolute Gasteiger partial charge is 0.333 e. The highest BCUT2D eigenvalue weighted by Gasteiger charge is 2.44. The van der Waals surface area contributed by atoms with Crippen molar-refractivity contribution >= 4 is 8.60 Å². The third kappa shape index (κ3) is 4.57. The van der Waals surface area contributed by atoms with Crippen molar-refractivity contribution in [2.24, 2.45) is 0 Å². The van der Waals surface area contributed by atoms with Gasteiger partial charge < -0.3 is 33.7 Å². The molecule has 4 N–H and O–H groups in total. The van der Waals surface area contributed by atoms with Crippen LogP contribution in [0, 0.1) is 0 Å². The Bertz CT molecular complexity index is 1180. The summed E-state index contributed by atoms with van der Waals surface area (Å²) >= 11 is 0. The Labute approximate surface area is 181 Å². The Kier molecular flexibility index (Phi) is 6.63. The van der Waals surface area contributed by atoms with Gasteiger partial charge in [-0.15, -0.1) is 0 Å². The van der Waals surface area contributed by atoms with Crippen LogP contribution in [0.1, 0.15) is 12.1 Å². The quantitative estimate of drug-likeness (QED) is 0.336. The van der Waals surface area contributed by atoms with Crippen LogP contribution in [0.4, 0.5) is 0 Å². The lowest BCUT2D eigenvalue weighted by atomic mass is 10.1. The van der Waals surface area contributed by atoms with Gasteiger partial charge in [-0.05, 0) is 0 Å². The van der Waals surface area contributed by atoms with Crippen LogP contribution >= 0.6 is 8.60 Å². The minimum absolute atomic E-state index is 0.124. The van der Waals surface area contributed by atoms with Crippen LogP contribution in [0.2, 0.25) is 0 Å². The van der Waals surface area contributed by atoms with E-state index in [0.717, 1.165) is 27.0 Å². The van der Waals surface area contributed by atoms with Crippen molar-refractivity contribution in [1.29, 1.82) is 0 Å². The summed E-state index contributed by atoms with van der Waals surface area (Å²) in [6, 6.07) is 10.3. The summed E-state index contributed by atoms with van der Waals surface area (Å²) in [4.78, 5) is 47.1. The van der Waals surface area contributed by atoms with Gasteiger partial charge in [0.05, 0.1) is 12.8 Å². The zero-order valence-electron chi connectivity index (χ0n) is 16.5. The van der Waals surface area contributed by atoms with E-state index in [1.54, 1.807) is 0 Å². The van der Waals surface area contributed by atoms with E-state index < -0.39 is 51.0 Å². The zero-order chi connectivity index (χ0) is 22.8. The third-order valence-electron chi connectivity index (χ3n) is 4.97. The summed E-state index contributed by atoms with van der Waals surface area (Å²) in [5, 5.41) is 20.5. The first-order chi connectivity index (χ1) is 15.3. The van der Waals surface area contributed by atoms with E-state index in [-0.39, 0.29) is 12.4 Å². The van der Waals surface area contributed by atoms with Gasteiger partial charge in [0.25, 0.3) is 5.56 Å². The van der Waals surface area contributed by atoms with E-state index in [1.807, 2.05) is 30.3 Å². The number of aromatic nitrogens is 3. The number of aliphatic hydroxyl groups excluding tert-OH is 2. The summed E-state index contributed by atoms with van der Waals surface area (Å²) in [7, 11) is -2.68. The molecule has 1 aromatic carbocycles. The van der Waals surface area contributed by atoms with E-state index in [2.05, 4.69) is 9.51 Å². The van der Waals surface area contributed by atoms with E-state index in [1.165, 1.54) is 6.20 Å². The molecule has 12 nitrogen and oxygen atoms in total. The van der Waals surface area contributed by atoms with Crippen molar-refractivity contribution < 1.29 is 33.7 Å². The Morgan fingerprint density at radius 2 is 1.84 bits per heavy atom. The maximum atomic E-state index is 13.0. The molecule has 1 aliphatic rings. The summed E-state index contributed by atoms with van der Waals surface area (Å²) in [6.45, 7) is -0.678. The number of hydrogen-bond acceptors (Lipinski definition) is 10. The number of rotatable bonds is 7. The molecule has 4 rings (SSSR count). The van der Waals surface area contributed by atoms with Crippen LogP contribution in [0.5, 0.6) is 0 Å². The minimum Gasteiger partial charge on any atom is -0.439 e. The van der Waals surface area contributed by atoms with Gasteiger partial charge in [0, 0.05) is 17.8 Å². The van der Waals surface area contributed by atoms with Gasteiger partial charge in [-0.2, -0.15) is 0 Å². The lowest BCUT2D eigenvalue weighted by Gasteiger charge is -2.18. The number of hydrogen-bond donors (Lipinski definition) is 4. The van der Waals surface area contributed by atoms with Gasteiger partial charge in [0.15, 0.2) is 12.0 Å². The lowest BCUT2D eigenvalue weighted by molar-refractivity contribution is -0.0531. The van der Waals surface area contributed by atoms with E-state index in [4.69, 9.17) is 18.9 Å². The molecule has 0 aliphatic carbocycles. The van der Waals surface area contributed by atoms with Crippen molar-refractivity contribution in [3.05, 3.63) is 75.5 Å². The van der Waals surface area contributed by atoms with Crippen molar-refractivity contribution in [3.8, 4) is 11.3 Å². The number of oxazole rings is 1. The number of benzene rings is 1. The Balaban J connectivity index is 1.58. The summed E-state index contributed by atoms with van der Waals surface area (Å²) in [5.74, 6) is 0.595. The molecule has 1 fully saturated rings. The second-order valence-electron chi connectivity index (χ2n) is 7.01. The lowest BCUT2D eigenvalue weighted by Crippen LogP contribution is -2.43. The molecule has 3 heterocycles. The van der Waals surface area contributed by atoms with Crippen LogP contribution in [-0.4, -0.2) is 59.0 Å². The van der Waals surface area contributed by atoms with Crippen LogP contribution in [0.3, 0.4) is 0 Å². The van der Waals surface area contributed by atoms with Crippen LogP contribution in [-0.2, 0) is 15.8 Å². The highest BCUT2D eigenvalue weighted by molar-refractivity contribution is 7.39. The van der Waals surface area contributed by atoms with E-state index >= 15 is 0 Å². The molecule has 2 aromatic heterocycles. The first-order valence-electron chi connectivity index (χ1n) is 9.49. The number of ether oxygens (including phenoxy) is 1. The molecule has 1 aliphatic heterocycles. The molecule has 0 spiro atoms. The maximum absolute atomic E-state index is 13.0. The van der Waals surface area contributed by atoms with Gasteiger partial charge >= 0.3 is 14.3 Å². The molecule has 0 amide bonds. The SMILES string of the molecule is O=c1ccn(C2OC(COP(O)O)C(O)C2O)c(=O)n1Cc1ncc(-c2ccccc2)o1. The maximum Gasteiger partial charge on any atom is 0.333 e. The molecule has 1 saturated heterocycles. The largest absolute Gasteiger partial charge is 0.439 e. The van der Waals surface area contributed by atoms with Crippen LogP contribution in [0.15, 0.2) is 62.8 Å². The van der Waals surface area contributed by atoms with Gasteiger partial charge in [0.1, 0.15) is 24.9 Å². The van der Waals surface area contributed by atoms with Crippen LogP contribution in [0.25, 0.3) is 11.3 Å². The Morgan fingerprint density at radius 1 is 1.09 bits per heavy atom. The topological polar surface area (TPSA) is 169 Å². The summed E-state index contributed by atoms with van der Waals surface area (Å²) in [6.07, 6.45) is -2.80. The Morgan fingerprint density at radius 3 is 2.56 bits per heavy atom. The van der Waals surface area contributed by atoms with Crippen molar-refractivity contribution in [1.82, 2.24) is 14.1 Å². The molecular formula is C19H20N3O9P. The normalized spacial score (nSPS) is 23.2. The minimum atomic E-state index is -2.68. The molecule has 32 heavy (non-hydrogen) atoms. The van der Waals surface area contributed by atoms with Gasteiger partial charge in [-0.1, -0.05) is 30.3 Å². The standard InChI is InChI=1S/C19H20N3O9P/c23-15-6-7-21(18-17(25)16(24)13(31-18)10-29-32(27)28)19(26)22(15)9-14-20-8-12(30-14)11-4-2-1-3-5-11/h1-8,13,16-18,24-25,27-28H,9-10H2. The summed E-state index contributed by atoms with van der Waals surface area (Å²) < 4.78 is 17.6. The van der Waals surface area contributed by atoms with Crippen LogP contribution < -0.4 is 11.2 Å². The number of aliphatic hydroxyl groups is 2. The molecule has 0 radical (unpaired) electrons. The zero-order valence-corrected chi connectivity index (χ0v) is 17.4. The van der Waals surface area contributed by atoms with Gasteiger partial charge in [-0.3, -0.25) is 13.9 Å². The highest BCUT2D eigenvalue weighted by atomic mass is 31.2. The van der Waals surface area contributed by atoms with Crippen molar-refractivity contribution in [2.75, 3.05) is 6.61 Å². The fourth-order valence-corrected chi connectivity index (χ4v) is 3.64. The second-order valence-corrected chi connectivity index (χ2v) is 7.77. The Hall–Kier alpha value is -2.70. The molecule has 13 heteroatoms. The van der Waals surface area contributed by atoms with Crippen molar-refractivity contribution in [2.45, 2.75) is 31.1 Å². The molecule has 0 saturated carbocycles. The molecular weight excluding hydrogens is 445 g/mol. The van der Waals surface area contributed by atoms with Crippen molar-refractivity contribution in [3.63, 3.8) is 0 Å². The molecule has 4 atom stereocenters. The fraction of sp³-hybridized carbons (Fsp3) is 0.316. The molecule has 0 bridgehead atoms. The monoisotopic (exact) mass is 465 g/mol. The average molecular weight is 465 g/mol. The van der Waals surface area contributed by atoms with E-state index in [9.17, 15) is 19.8 Å². The number of nitrogens with zero attached hydrogens (tertiary/aromatic N) is 3. The average Bonchev–Trinajstić information content (AvgIpc) is 3.36. The first-order valence-corrected chi connectivity index (χ1v) is 10.7.